The van der Waals surface area contributed by atoms with Crippen molar-refractivity contribution in [1.29, 1.82) is 0 Å². The summed E-state index contributed by atoms with van der Waals surface area (Å²) >= 11 is 0. The number of nitrogens with two attached hydrogens (primary N) is 1. The maximum atomic E-state index is 12.7. The first-order valence-corrected chi connectivity index (χ1v) is 10.9. The molecule has 0 saturated heterocycles. The Hall–Kier alpha value is -2.86. The summed E-state index contributed by atoms with van der Waals surface area (Å²) in [5.41, 5.74) is 10.4. The van der Waals surface area contributed by atoms with Gasteiger partial charge in [0, 0.05) is 18.2 Å². The Morgan fingerprint density at radius 2 is 1.71 bits per heavy atom. The molecule has 166 valence electrons. The number of likely N-dealkylation sites (N-methyl/N-ethyl adjacent to an activating group) is 1. The first-order valence-electron chi connectivity index (χ1n) is 10.9. The lowest BCUT2D eigenvalue weighted by Gasteiger charge is -2.27. The van der Waals surface area contributed by atoms with Gasteiger partial charge >= 0.3 is 6.03 Å². The van der Waals surface area contributed by atoms with Crippen molar-refractivity contribution in [3.8, 4) is 0 Å². The standard InChI is InChI=1S/C25H34N4O2/c1-16-12-20(24(26)30)13-17(2)22(16)14-21(29(3)4)15-27-25(31)28-23(19-10-11-19)18-8-6-5-7-9-18/h5-9,12-13,19,21,23H,10-11,14-15H2,1-4H3,(H2,26,30)(H2,27,28,31)/t21-,23?/m0/s1. The first-order chi connectivity index (χ1) is 14.8. The van der Waals surface area contributed by atoms with Crippen LogP contribution in [0.3, 0.4) is 0 Å². The van der Waals surface area contributed by atoms with E-state index >= 15 is 0 Å². The molecule has 1 unspecified atom stereocenters. The van der Waals surface area contributed by atoms with Crippen molar-refractivity contribution < 1.29 is 9.59 Å². The van der Waals surface area contributed by atoms with Crippen LogP contribution in [0.5, 0.6) is 0 Å². The Morgan fingerprint density at radius 1 is 1.10 bits per heavy atom. The number of carbonyl (C=O) groups is 2. The minimum Gasteiger partial charge on any atom is -0.366 e. The Morgan fingerprint density at radius 3 is 2.23 bits per heavy atom. The summed E-state index contributed by atoms with van der Waals surface area (Å²) in [6.45, 7) is 4.53. The van der Waals surface area contributed by atoms with Crippen LogP contribution >= 0.6 is 0 Å². The van der Waals surface area contributed by atoms with E-state index < -0.39 is 5.91 Å². The average molecular weight is 423 g/mol. The molecule has 0 bridgehead atoms. The van der Waals surface area contributed by atoms with E-state index in [-0.39, 0.29) is 18.1 Å². The molecule has 0 aliphatic heterocycles. The zero-order valence-corrected chi connectivity index (χ0v) is 18.9. The van der Waals surface area contributed by atoms with Crippen molar-refractivity contribution in [1.82, 2.24) is 15.5 Å². The van der Waals surface area contributed by atoms with Crippen LogP contribution in [0.15, 0.2) is 42.5 Å². The second-order valence-corrected chi connectivity index (χ2v) is 8.85. The molecule has 4 N–H and O–H groups in total. The van der Waals surface area contributed by atoms with Crippen LogP contribution in [0.25, 0.3) is 0 Å². The Labute approximate surface area is 185 Å². The van der Waals surface area contributed by atoms with Crippen LogP contribution in [-0.2, 0) is 6.42 Å². The molecular formula is C25H34N4O2. The molecule has 0 spiro atoms. The van der Waals surface area contributed by atoms with E-state index in [2.05, 4.69) is 27.7 Å². The van der Waals surface area contributed by atoms with Gasteiger partial charge in [-0.05, 0) is 87.5 Å². The molecule has 2 aromatic rings. The van der Waals surface area contributed by atoms with E-state index in [1.807, 2.05) is 58.3 Å². The van der Waals surface area contributed by atoms with Gasteiger partial charge in [-0.1, -0.05) is 30.3 Å². The average Bonchev–Trinajstić information content (AvgIpc) is 3.56. The molecule has 1 saturated carbocycles. The highest BCUT2D eigenvalue weighted by Crippen LogP contribution is 2.40. The summed E-state index contributed by atoms with van der Waals surface area (Å²) in [5.74, 6) is 0.107. The summed E-state index contributed by atoms with van der Waals surface area (Å²) in [6, 6.07) is 13.9. The molecule has 1 fully saturated rings. The minimum absolute atomic E-state index is 0.0600. The number of rotatable bonds is 9. The van der Waals surface area contributed by atoms with Gasteiger partial charge in [0.15, 0.2) is 0 Å². The zero-order valence-electron chi connectivity index (χ0n) is 18.9. The number of amides is 3. The molecule has 2 aromatic carbocycles. The van der Waals surface area contributed by atoms with Crippen LogP contribution in [0.2, 0.25) is 0 Å². The molecule has 31 heavy (non-hydrogen) atoms. The van der Waals surface area contributed by atoms with Crippen LogP contribution in [-0.4, -0.2) is 43.5 Å². The number of nitrogens with zero attached hydrogens (tertiary/aromatic N) is 1. The van der Waals surface area contributed by atoms with Crippen molar-refractivity contribution in [2.45, 2.75) is 45.2 Å². The van der Waals surface area contributed by atoms with Crippen molar-refractivity contribution >= 4 is 11.9 Å². The number of urea groups is 1. The Bertz CT molecular complexity index is 899. The van der Waals surface area contributed by atoms with E-state index in [9.17, 15) is 9.59 Å². The number of hydrogen-bond acceptors (Lipinski definition) is 3. The molecular weight excluding hydrogens is 388 g/mol. The third kappa shape index (κ3) is 6.07. The monoisotopic (exact) mass is 422 g/mol. The quantitative estimate of drug-likeness (QED) is 0.579. The summed E-state index contributed by atoms with van der Waals surface area (Å²) in [4.78, 5) is 26.3. The van der Waals surface area contributed by atoms with Gasteiger partial charge < -0.3 is 21.3 Å². The zero-order chi connectivity index (χ0) is 22.5. The van der Waals surface area contributed by atoms with Gasteiger partial charge in [-0.15, -0.1) is 0 Å². The van der Waals surface area contributed by atoms with E-state index in [4.69, 9.17) is 5.73 Å². The highest BCUT2D eigenvalue weighted by molar-refractivity contribution is 5.93. The van der Waals surface area contributed by atoms with Gasteiger partial charge in [0.25, 0.3) is 0 Å². The van der Waals surface area contributed by atoms with Crippen LogP contribution in [0, 0.1) is 19.8 Å². The van der Waals surface area contributed by atoms with E-state index in [0.717, 1.165) is 36.0 Å². The predicted molar refractivity (Wildman–Crippen MR) is 124 cm³/mol. The van der Waals surface area contributed by atoms with Gasteiger partial charge in [-0.3, -0.25) is 4.79 Å². The highest BCUT2D eigenvalue weighted by atomic mass is 16.2. The lowest BCUT2D eigenvalue weighted by atomic mass is 9.93. The van der Waals surface area contributed by atoms with Crippen LogP contribution in [0.4, 0.5) is 4.79 Å². The summed E-state index contributed by atoms with van der Waals surface area (Å²) < 4.78 is 0. The number of carbonyl (C=O) groups excluding carboxylic acids is 2. The molecule has 0 aromatic heterocycles. The summed E-state index contributed by atoms with van der Waals surface area (Å²) in [5, 5.41) is 6.25. The normalized spacial score (nSPS) is 15.4. The Balaban J connectivity index is 1.63. The number of benzene rings is 2. The Kier molecular flexibility index (Phi) is 7.33. The molecule has 3 amide bonds. The van der Waals surface area contributed by atoms with Gasteiger partial charge in [0.05, 0.1) is 6.04 Å². The van der Waals surface area contributed by atoms with Crippen LogP contribution in [0.1, 0.15) is 51.5 Å². The van der Waals surface area contributed by atoms with Crippen molar-refractivity contribution in [3.63, 3.8) is 0 Å². The maximum Gasteiger partial charge on any atom is 0.315 e. The third-order valence-corrected chi connectivity index (χ3v) is 6.19. The fourth-order valence-corrected chi connectivity index (χ4v) is 4.10. The van der Waals surface area contributed by atoms with E-state index in [0.29, 0.717) is 18.0 Å². The SMILES string of the molecule is Cc1cc(C(N)=O)cc(C)c1C[C@@H](CNC(=O)NC(c1ccccc1)C1CC1)N(C)C. The van der Waals surface area contributed by atoms with Gasteiger partial charge in [-0.2, -0.15) is 0 Å². The third-order valence-electron chi connectivity index (χ3n) is 6.19. The predicted octanol–water partition coefficient (Wildman–Crippen LogP) is 3.33. The van der Waals surface area contributed by atoms with Crippen molar-refractivity contribution in [2.24, 2.45) is 11.7 Å². The molecule has 0 radical (unpaired) electrons. The van der Waals surface area contributed by atoms with Crippen LogP contribution < -0.4 is 16.4 Å². The molecule has 6 heteroatoms. The van der Waals surface area contributed by atoms with E-state index in [1.54, 1.807) is 0 Å². The lowest BCUT2D eigenvalue weighted by Crippen LogP contribution is -2.46. The molecule has 6 nitrogen and oxygen atoms in total. The number of primary amides is 1. The highest BCUT2D eigenvalue weighted by Gasteiger charge is 2.33. The van der Waals surface area contributed by atoms with Gasteiger partial charge in [0.1, 0.15) is 0 Å². The first kappa shape index (κ1) is 22.8. The largest absolute Gasteiger partial charge is 0.366 e. The number of aryl methyl sites for hydroxylation is 2. The van der Waals surface area contributed by atoms with Crippen molar-refractivity contribution in [3.05, 3.63) is 70.3 Å². The summed E-state index contributed by atoms with van der Waals surface area (Å²) in [7, 11) is 4.04. The number of nitrogens with one attached hydrogen (secondary N) is 2. The topological polar surface area (TPSA) is 87.5 Å². The smallest absolute Gasteiger partial charge is 0.315 e. The lowest BCUT2D eigenvalue weighted by molar-refractivity contribution is 0.1000. The van der Waals surface area contributed by atoms with E-state index in [1.165, 1.54) is 5.56 Å². The molecule has 2 atom stereocenters. The molecule has 1 aliphatic carbocycles. The second-order valence-electron chi connectivity index (χ2n) is 8.85. The van der Waals surface area contributed by atoms with Crippen molar-refractivity contribution in [2.75, 3.05) is 20.6 Å². The molecule has 1 aliphatic rings. The summed E-state index contributed by atoms with van der Waals surface area (Å²) in [6.07, 6.45) is 3.08. The number of hydrogen-bond donors (Lipinski definition) is 3. The second kappa shape index (κ2) is 9.96. The van der Waals surface area contributed by atoms with Gasteiger partial charge in [0.2, 0.25) is 5.91 Å². The maximum absolute atomic E-state index is 12.7. The fourth-order valence-electron chi connectivity index (χ4n) is 4.10. The minimum atomic E-state index is -0.413. The molecule has 0 heterocycles. The molecule has 3 rings (SSSR count). The van der Waals surface area contributed by atoms with Gasteiger partial charge in [-0.25, -0.2) is 4.79 Å². The fraction of sp³-hybridized carbons (Fsp3) is 0.440.